The average molecular weight is 190 g/mol. The maximum atomic E-state index is 5.48. The summed E-state index contributed by atoms with van der Waals surface area (Å²) in [4.78, 5) is 0. The molecule has 0 saturated carbocycles. The minimum atomic E-state index is 0.0405. The quantitative estimate of drug-likeness (QED) is 0.633. The molecule has 1 rings (SSSR count). The fourth-order valence-corrected chi connectivity index (χ4v) is 1.51. The molecule has 0 aromatic heterocycles. The highest BCUT2D eigenvalue weighted by molar-refractivity contribution is 4.67. The van der Waals surface area contributed by atoms with Crippen LogP contribution in [0.25, 0.3) is 0 Å². The van der Waals surface area contributed by atoms with E-state index in [1.54, 1.807) is 21.3 Å². The molecule has 80 valence electrons. The molecule has 0 aromatic carbocycles. The predicted octanol–water partition coefficient (Wildman–Crippen LogP) is 2.06. The van der Waals surface area contributed by atoms with Gasteiger partial charge in [-0.1, -0.05) is 6.92 Å². The van der Waals surface area contributed by atoms with Gasteiger partial charge >= 0.3 is 0 Å². The van der Waals surface area contributed by atoms with E-state index >= 15 is 0 Å². The third-order valence-corrected chi connectivity index (χ3v) is 1.98. The van der Waals surface area contributed by atoms with Gasteiger partial charge in [-0.3, -0.25) is 0 Å². The number of methoxy groups -OCH3 is 2. The van der Waals surface area contributed by atoms with Crippen LogP contribution in [-0.4, -0.2) is 33.7 Å². The largest absolute Gasteiger partial charge is 0.388 e. The maximum absolute atomic E-state index is 5.48. The standard InChI is InChI=1S/C8H16O2.C2H6O/c1-6-4-7(2)10-8(5-6)9-3;1-3-2/h6-8H,4-5H2,1-3H3;1-2H3. The highest BCUT2D eigenvalue weighted by Gasteiger charge is 2.23. The van der Waals surface area contributed by atoms with Crippen molar-refractivity contribution in [3.63, 3.8) is 0 Å². The van der Waals surface area contributed by atoms with Crippen LogP contribution in [0.5, 0.6) is 0 Å². The second-order valence-electron chi connectivity index (χ2n) is 3.60. The molecule has 13 heavy (non-hydrogen) atoms. The van der Waals surface area contributed by atoms with Gasteiger partial charge in [0.15, 0.2) is 6.29 Å². The van der Waals surface area contributed by atoms with Crippen LogP contribution in [0, 0.1) is 5.92 Å². The summed E-state index contributed by atoms with van der Waals surface area (Å²) in [5.74, 6) is 0.744. The fraction of sp³-hybridized carbons (Fsp3) is 1.00. The summed E-state index contributed by atoms with van der Waals surface area (Å²) in [6.07, 6.45) is 2.62. The van der Waals surface area contributed by atoms with Crippen LogP contribution in [0.3, 0.4) is 0 Å². The maximum Gasteiger partial charge on any atom is 0.157 e. The molecule has 1 saturated heterocycles. The molecule has 0 aromatic rings. The molecule has 1 aliphatic heterocycles. The van der Waals surface area contributed by atoms with E-state index in [9.17, 15) is 0 Å². The highest BCUT2D eigenvalue weighted by Crippen LogP contribution is 2.24. The summed E-state index contributed by atoms with van der Waals surface area (Å²) in [5.41, 5.74) is 0. The molecule has 0 bridgehead atoms. The van der Waals surface area contributed by atoms with Gasteiger partial charge in [0, 0.05) is 27.8 Å². The van der Waals surface area contributed by atoms with Gasteiger partial charge in [-0.15, -0.1) is 0 Å². The summed E-state index contributed by atoms with van der Waals surface area (Å²) >= 11 is 0. The summed E-state index contributed by atoms with van der Waals surface area (Å²) in [6.45, 7) is 4.34. The van der Waals surface area contributed by atoms with Gasteiger partial charge < -0.3 is 14.2 Å². The van der Waals surface area contributed by atoms with Crippen molar-refractivity contribution in [2.45, 2.75) is 39.1 Å². The zero-order valence-electron chi connectivity index (χ0n) is 9.37. The van der Waals surface area contributed by atoms with E-state index in [-0.39, 0.29) is 6.29 Å². The Kier molecular flexibility index (Phi) is 7.23. The highest BCUT2D eigenvalue weighted by atomic mass is 16.7. The van der Waals surface area contributed by atoms with Crippen LogP contribution in [0.2, 0.25) is 0 Å². The normalized spacial score (nSPS) is 33.5. The molecule has 0 spiro atoms. The molecule has 3 nitrogen and oxygen atoms in total. The van der Waals surface area contributed by atoms with Gasteiger partial charge in [-0.2, -0.15) is 0 Å². The Morgan fingerprint density at radius 1 is 1.08 bits per heavy atom. The Bertz CT molecular complexity index is 107. The van der Waals surface area contributed by atoms with E-state index in [1.165, 1.54) is 6.42 Å². The summed E-state index contributed by atoms with van der Waals surface area (Å²) < 4.78 is 14.8. The summed E-state index contributed by atoms with van der Waals surface area (Å²) in [7, 11) is 4.95. The molecule has 1 aliphatic rings. The van der Waals surface area contributed by atoms with Crippen molar-refractivity contribution in [2.75, 3.05) is 21.3 Å². The molecule has 1 heterocycles. The minimum Gasteiger partial charge on any atom is -0.388 e. The zero-order chi connectivity index (χ0) is 10.3. The molecule has 1 fully saturated rings. The smallest absolute Gasteiger partial charge is 0.157 e. The second kappa shape index (κ2) is 7.30. The van der Waals surface area contributed by atoms with E-state index in [4.69, 9.17) is 9.47 Å². The van der Waals surface area contributed by atoms with Crippen molar-refractivity contribution in [1.29, 1.82) is 0 Å². The van der Waals surface area contributed by atoms with Crippen LogP contribution >= 0.6 is 0 Å². The first-order valence-corrected chi connectivity index (χ1v) is 4.72. The van der Waals surface area contributed by atoms with E-state index in [0.717, 1.165) is 12.3 Å². The molecule has 0 radical (unpaired) electrons. The monoisotopic (exact) mass is 190 g/mol. The number of rotatable bonds is 1. The van der Waals surface area contributed by atoms with Crippen molar-refractivity contribution in [3.8, 4) is 0 Å². The van der Waals surface area contributed by atoms with E-state index in [1.807, 2.05) is 0 Å². The lowest BCUT2D eigenvalue weighted by molar-refractivity contribution is -0.186. The van der Waals surface area contributed by atoms with Crippen LogP contribution in [-0.2, 0) is 14.2 Å². The van der Waals surface area contributed by atoms with Crippen LogP contribution < -0.4 is 0 Å². The first kappa shape index (κ1) is 12.9. The summed E-state index contributed by atoms with van der Waals surface area (Å²) in [5, 5.41) is 0. The Morgan fingerprint density at radius 3 is 2.00 bits per heavy atom. The SMILES string of the molecule is COC.COC1CC(C)CC(C)O1. The van der Waals surface area contributed by atoms with E-state index in [2.05, 4.69) is 18.6 Å². The third-order valence-electron chi connectivity index (χ3n) is 1.98. The van der Waals surface area contributed by atoms with Gasteiger partial charge in [0.05, 0.1) is 6.10 Å². The molecule has 0 N–H and O–H groups in total. The second-order valence-corrected chi connectivity index (χ2v) is 3.60. The van der Waals surface area contributed by atoms with Crippen molar-refractivity contribution in [1.82, 2.24) is 0 Å². The molecule has 3 atom stereocenters. The first-order chi connectivity index (χ1) is 6.13. The lowest BCUT2D eigenvalue weighted by Gasteiger charge is -2.30. The molecule has 0 amide bonds. The van der Waals surface area contributed by atoms with E-state index in [0.29, 0.717) is 6.10 Å². The first-order valence-electron chi connectivity index (χ1n) is 4.72. The Hall–Kier alpha value is -0.120. The predicted molar refractivity (Wildman–Crippen MR) is 52.7 cm³/mol. The van der Waals surface area contributed by atoms with Gasteiger partial charge in [-0.05, 0) is 19.3 Å². The average Bonchev–Trinajstić information content (AvgIpc) is 2.04. The fourth-order valence-electron chi connectivity index (χ4n) is 1.51. The van der Waals surface area contributed by atoms with Gasteiger partial charge in [0.2, 0.25) is 0 Å². The number of ether oxygens (including phenoxy) is 3. The Balaban J connectivity index is 0.000000424. The zero-order valence-corrected chi connectivity index (χ0v) is 9.37. The molecule has 3 unspecified atom stereocenters. The van der Waals surface area contributed by atoms with Crippen LogP contribution in [0.4, 0.5) is 0 Å². The number of hydrogen-bond acceptors (Lipinski definition) is 3. The third kappa shape index (κ3) is 6.02. The van der Waals surface area contributed by atoms with Gasteiger partial charge in [0.1, 0.15) is 0 Å². The lowest BCUT2D eigenvalue weighted by atomic mass is 9.98. The lowest BCUT2D eigenvalue weighted by Crippen LogP contribution is -2.31. The van der Waals surface area contributed by atoms with Crippen molar-refractivity contribution in [2.24, 2.45) is 5.92 Å². The number of hydrogen-bond donors (Lipinski definition) is 0. The van der Waals surface area contributed by atoms with Crippen molar-refractivity contribution < 1.29 is 14.2 Å². The van der Waals surface area contributed by atoms with Gasteiger partial charge in [0.25, 0.3) is 0 Å². The van der Waals surface area contributed by atoms with Gasteiger partial charge in [-0.25, -0.2) is 0 Å². The van der Waals surface area contributed by atoms with Crippen molar-refractivity contribution >= 4 is 0 Å². The molecule has 3 heteroatoms. The summed E-state index contributed by atoms with van der Waals surface area (Å²) in [6, 6.07) is 0. The van der Waals surface area contributed by atoms with Crippen LogP contribution in [0.15, 0.2) is 0 Å². The van der Waals surface area contributed by atoms with E-state index < -0.39 is 0 Å². The minimum absolute atomic E-state index is 0.0405. The Labute approximate surface area is 81.4 Å². The topological polar surface area (TPSA) is 27.7 Å². The molecule has 0 aliphatic carbocycles. The molecular weight excluding hydrogens is 168 g/mol. The van der Waals surface area contributed by atoms with Crippen LogP contribution in [0.1, 0.15) is 26.7 Å². The van der Waals surface area contributed by atoms with Crippen molar-refractivity contribution in [3.05, 3.63) is 0 Å². The molecular formula is C10H22O3. The Morgan fingerprint density at radius 2 is 1.62 bits per heavy atom.